The van der Waals surface area contributed by atoms with E-state index < -0.39 is 38.0 Å². The van der Waals surface area contributed by atoms with Gasteiger partial charge in [0.25, 0.3) is 0 Å². The fourth-order valence-electron chi connectivity index (χ4n) is 2.73. The van der Waals surface area contributed by atoms with Crippen molar-refractivity contribution in [2.24, 2.45) is 0 Å². The molecule has 18 heavy (non-hydrogen) atoms. The van der Waals surface area contributed by atoms with Crippen LogP contribution in [0.5, 0.6) is 0 Å². The minimum atomic E-state index is -2.94. The normalized spacial score (nSPS) is 35.7. The molecule has 1 aliphatic carbocycles. The summed E-state index contributed by atoms with van der Waals surface area (Å²) in [4.78, 5) is 0.560. The molecule has 1 atom stereocenters. The van der Waals surface area contributed by atoms with Crippen molar-refractivity contribution in [3.63, 3.8) is 0 Å². The molecule has 90 valence electrons. The Labute approximate surface area is 122 Å². The van der Waals surface area contributed by atoms with Crippen LogP contribution in [0.2, 0.25) is 0 Å². The van der Waals surface area contributed by atoms with E-state index >= 15 is 0 Å². The van der Waals surface area contributed by atoms with E-state index in [4.69, 9.17) is 13.7 Å². The van der Waals surface area contributed by atoms with Gasteiger partial charge in [-0.05, 0) is 47.6 Å². The third-order valence-corrected chi connectivity index (χ3v) is 3.56. The molecule has 0 fully saturated rings. The molecule has 2 aromatic carbocycles. The van der Waals surface area contributed by atoms with Crippen LogP contribution < -0.4 is 0 Å². The van der Waals surface area contributed by atoms with Crippen LogP contribution in [0.1, 0.15) is 36.4 Å². The topological polar surface area (TPSA) is 3.24 Å². The molecular formula is C17H17N. The van der Waals surface area contributed by atoms with E-state index in [1.165, 1.54) is 0 Å². The predicted octanol–water partition coefficient (Wildman–Crippen LogP) is 3.44. The van der Waals surface area contributed by atoms with E-state index in [0.29, 0.717) is 16.0 Å². The number of likely N-dealkylation sites (N-methyl/N-ethyl adjacent to an activating group) is 1. The summed E-state index contributed by atoms with van der Waals surface area (Å²) in [5.41, 5.74) is 1.33. The molecular weight excluding hydrogens is 218 g/mol. The zero-order chi connectivity index (χ0) is 20.8. The zero-order valence-electron chi connectivity index (χ0n) is 19.5. The predicted molar refractivity (Wildman–Crippen MR) is 74.7 cm³/mol. The lowest BCUT2D eigenvalue weighted by Gasteiger charge is -2.39. The Morgan fingerprint density at radius 3 is 3.17 bits per heavy atom. The fourth-order valence-corrected chi connectivity index (χ4v) is 2.73. The highest BCUT2D eigenvalue weighted by Gasteiger charge is 2.31. The monoisotopic (exact) mass is 245 g/mol. The number of benzene rings is 2. The van der Waals surface area contributed by atoms with Crippen molar-refractivity contribution in [1.29, 1.82) is 0 Å². The van der Waals surface area contributed by atoms with E-state index in [9.17, 15) is 0 Å². The SMILES string of the molecule is [2H]c1c([2H])c2c3c(c1[2H])C([2H])([2H])C([2H])([2H])N(C([2H])([2H])[2H])C3Cc1ccccc1-2. The van der Waals surface area contributed by atoms with E-state index in [-0.39, 0.29) is 29.2 Å². The molecule has 0 saturated heterocycles. The Morgan fingerprint density at radius 2 is 2.22 bits per heavy atom. The first-order valence-corrected chi connectivity index (χ1v) is 5.83. The molecule has 1 unspecified atom stereocenters. The average molecular weight is 245 g/mol. The van der Waals surface area contributed by atoms with Crippen molar-refractivity contribution >= 4 is 0 Å². The van der Waals surface area contributed by atoms with Crippen molar-refractivity contribution in [3.8, 4) is 11.1 Å². The molecule has 1 heteroatoms. The van der Waals surface area contributed by atoms with E-state index in [1.807, 2.05) is 0 Å². The highest BCUT2D eigenvalue weighted by Crippen LogP contribution is 2.44. The van der Waals surface area contributed by atoms with Gasteiger partial charge < -0.3 is 0 Å². The Morgan fingerprint density at radius 1 is 1.28 bits per heavy atom. The van der Waals surface area contributed by atoms with Crippen LogP contribution >= 0.6 is 0 Å². The van der Waals surface area contributed by atoms with Gasteiger partial charge in [0.2, 0.25) is 0 Å². The van der Waals surface area contributed by atoms with Crippen molar-refractivity contribution in [3.05, 3.63) is 59.1 Å². The molecule has 2 aliphatic rings. The smallest absolute Gasteiger partial charge is 0.0629 e. The summed E-state index contributed by atoms with van der Waals surface area (Å²) < 4.78 is 82.1. The van der Waals surface area contributed by atoms with Crippen molar-refractivity contribution in [2.45, 2.75) is 18.8 Å². The Hall–Kier alpha value is -1.60. The molecule has 4 rings (SSSR count). The second kappa shape index (κ2) is 3.69. The van der Waals surface area contributed by atoms with Crippen LogP contribution in [0, 0.1) is 0 Å². The van der Waals surface area contributed by atoms with Gasteiger partial charge in [-0.2, -0.15) is 0 Å². The van der Waals surface area contributed by atoms with Gasteiger partial charge in [0, 0.05) is 22.1 Å². The third kappa shape index (κ3) is 1.31. The number of hydrogen-bond donors (Lipinski definition) is 0. The average Bonchev–Trinajstić information content (AvgIpc) is 2.57. The van der Waals surface area contributed by atoms with Gasteiger partial charge in [-0.1, -0.05) is 42.4 Å². The van der Waals surface area contributed by atoms with Crippen LogP contribution in [0.25, 0.3) is 11.1 Å². The second-order valence-corrected chi connectivity index (χ2v) is 4.52. The first-order chi connectivity index (χ1) is 12.8. The van der Waals surface area contributed by atoms with Crippen LogP contribution in [0.4, 0.5) is 0 Å². The quantitative estimate of drug-likeness (QED) is 0.687. The van der Waals surface area contributed by atoms with Gasteiger partial charge in [-0.3, -0.25) is 4.90 Å². The van der Waals surface area contributed by atoms with E-state index in [1.54, 1.807) is 24.3 Å². The molecule has 0 bridgehead atoms. The standard InChI is InChI=1S/C17H17N/c1-18-10-9-12-6-4-8-15-14-7-3-2-5-13(14)11-16(18)17(12)15/h2-8,16H,9-11H2,1H3/i1D3,4D,6D,8D,9D2,10D2. The maximum Gasteiger partial charge on any atom is 0.0629 e. The number of fused-ring (bicyclic) bond motifs is 2. The van der Waals surface area contributed by atoms with Gasteiger partial charge in [0.15, 0.2) is 0 Å². The van der Waals surface area contributed by atoms with Gasteiger partial charge in [0.05, 0.1) is 4.11 Å². The summed E-state index contributed by atoms with van der Waals surface area (Å²) in [6.45, 7) is -5.88. The Balaban J connectivity index is 2.21. The molecule has 0 amide bonds. The molecule has 0 spiro atoms. The summed E-state index contributed by atoms with van der Waals surface area (Å²) in [5, 5.41) is 0. The minimum absolute atomic E-state index is 0.111. The first-order valence-electron chi connectivity index (χ1n) is 10.8. The largest absolute Gasteiger partial charge is 0.299 e. The van der Waals surface area contributed by atoms with Crippen LogP contribution in [0.3, 0.4) is 0 Å². The summed E-state index contributed by atoms with van der Waals surface area (Å²) >= 11 is 0. The first kappa shape index (κ1) is 4.50. The van der Waals surface area contributed by atoms with Crippen molar-refractivity contribution in [1.82, 2.24) is 4.90 Å². The molecule has 1 heterocycles. The number of hydrogen-bond acceptors (Lipinski definition) is 1. The minimum Gasteiger partial charge on any atom is -0.299 e. The number of nitrogens with zero attached hydrogens (tertiary/aromatic N) is 1. The summed E-state index contributed by atoms with van der Waals surface area (Å²) in [7, 11) is 0. The highest BCUT2D eigenvalue weighted by molar-refractivity contribution is 5.75. The lowest BCUT2D eigenvalue weighted by Crippen LogP contribution is -2.35. The number of rotatable bonds is 0. The Bertz CT molecular complexity index is 994. The molecule has 1 aliphatic heterocycles. The summed E-state index contributed by atoms with van der Waals surface area (Å²) in [5.74, 6) is 0. The molecule has 2 aromatic rings. The van der Waals surface area contributed by atoms with E-state index in [0.717, 1.165) is 0 Å². The lowest BCUT2D eigenvalue weighted by atomic mass is 9.77. The van der Waals surface area contributed by atoms with E-state index in [2.05, 4.69) is 0 Å². The van der Waals surface area contributed by atoms with Gasteiger partial charge in [-0.15, -0.1) is 0 Å². The van der Waals surface area contributed by atoms with Gasteiger partial charge >= 0.3 is 0 Å². The lowest BCUT2D eigenvalue weighted by molar-refractivity contribution is 0.228. The molecule has 0 aromatic heterocycles. The van der Waals surface area contributed by atoms with Crippen LogP contribution in [0.15, 0.2) is 42.4 Å². The third-order valence-electron chi connectivity index (χ3n) is 3.56. The fraction of sp³-hybridized carbons (Fsp3) is 0.294. The summed E-state index contributed by atoms with van der Waals surface area (Å²) in [6.07, 6.45) is -2.74. The maximum absolute atomic E-state index is 8.43. The van der Waals surface area contributed by atoms with Gasteiger partial charge in [0.1, 0.15) is 0 Å². The van der Waals surface area contributed by atoms with Crippen LogP contribution in [-0.4, -0.2) is 18.4 Å². The Kier molecular flexibility index (Phi) is 0.924. The zero-order valence-corrected chi connectivity index (χ0v) is 9.54. The van der Waals surface area contributed by atoms with Gasteiger partial charge in [-0.25, -0.2) is 0 Å². The summed E-state index contributed by atoms with van der Waals surface area (Å²) in [6, 6.07) is 4.57. The maximum atomic E-state index is 8.43. The second-order valence-electron chi connectivity index (χ2n) is 4.52. The highest BCUT2D eigenvalue weighted by atomic mass is 15.1. The van der Waals surface area contributed by atoms with Crippen LogP contribution in [-0.2, 0) is 12.8 Å². The van der Waals surface area contributed by atoms with Crippen molar-refractivity contribution in [2.75, 3.05) is 13.5 Å². The molecule has 0 N–H and O–H groups in total. The molecule has 0 radical (unpaired) electrons. The molecule has 1 nitrogen and oxygen atoms in total. The molecule has 0 saturated carbocycles. The van der Waals surface area contributed by atoms with Crippen molar-refractivity contribution < 1.29 is 13.7 Å².